The fourth-order valence-electron chi connectivity index (χ4n) is 1.48. The first-order chi connectivity index (χ1) is 9.20. The zero-order valence-electron chi connectivity index (χ0n) is 10.5. The SMILES string of the molecule is Cc1nc(S(=O)(=O)Nc2c(Cl)cc(F)cc2Br)cn1C. The van der Waals surface area contributed by atoms with Gasteiger partial charge >= 0.3 is 0 Å². The molecule has 9 heteroatoms. The van der Waals surface area contributed by atoms with Crippen LogP contribution in [0.1, 0.15) is 5.82 Å². The molecule has 108 valence electrons. The number of hydrogen-bond donors (Lipinski definition) is 1. The third-order valence-corrected chi connectivity index (χ3v) is 4.75. The molecule has 1 aromatic carbocycles. The van der Waals surface area contributed by atoms with E-state index < -0.39 is 15.8 Å². The number of nitrogens with zero attached hydrogens (tertiary/aromatic N) is 2. The van der Waals surface area contributed by atoms with E-state index >= 15 is 0 Å². The predicted molar refractivity (Wildman–Crippen MR) is 77.9 cm³/mol. The quantitative estimate of drug-likeness (QED) is 0.887. The number of hydrogen-bond acceptors (Lipinski definition) is 3. The van der Waals surface area contributed by atoms with Gasteiger partial charge in [-0.1, -0.05) is 11.6 Å². The first kappa shape index (κ1) is 15.3. The molecule has 0 saturated heterocycles. The summed E-state index contributed by atoms with van der Waals surface area (Å²) < 4.78 is 41.6. The number of aryl methyl sites for hydroxylation is 2. The van der Waals surface area contributed by atoms with Crippen molar-refractivity contribution in [2.75, 3.05) is 4.72 Å². The Morgan fingerprint density at radius 1 is 1.45 bits per heavy atom. The molecule has 2 rings (SSSR count). The molecule has 2 aromatic rings. The van der Waals surface area contributed by atoms with Gasteiger partial charge in [0.15, 0.2) is 5.03 Å². The second kappa shape index (κ2) is 5.34. The molecule has 0 aliphatic carbocycles. The van der Waals surface area contributed by atoms with Crippen LogP contribution in [-0.2, 0) is 17.1 Å². The van der Waals surface area contributed by atoms with Gasteiger partial charge in [0.1, 0.15) is 11.6 Å². The van der Waals surface area contributed by atoms with Gasteiger partial charge < -0.3 is 4.57 Å². The summed E-state index contributed by atoms with van der Waals surface area (Å²) in [4.78, 5) is 3.93. The Balaban J connectivity index is 2.43. The van der Waals surface area contributed by atoms with Crippen LogP contribution in [0.3, 0.4) is 0 Å². The van der Waals surface area contributed by atoms with E-state index in [1.54, 1.807) is 18.5 Å². The van der Waals surface area contributed by atoms with Crippen molar-refractivity contribution in [3.8, 4) is 0 Å². The minimum atomic E-state index is -3.89. The molecule has 1 heterocycles. The summed E-state index contributed by atoms with van der Waals surface area (Å²) in [6.45, 7) is 1.68. The molecule has 0 bridgehead atoms. The Bertz CT molecular complexity index is 733. The van der Waals surface area contributed by atoms with Crippen molar-refractivity contribution in [1.82, 2.24) is 9.55 Å². The lowest BCUT2D eigenvalue weighted by Crippen LogP contribution is -2.14. The highest BCUT2D eigenvalue weighted by atomic mass is 79.9. The summed E-state index contributed by atoms with van der Waals surface area (Å²) in [6.07, 6.45) is 1.38. The van der Waals surface area contributed by atoms with Gasteiger partial charge in [-0.3, -0.25) is 4.72 Å². The average molecular weight is 383 g/mol. The molecule has 0 radical (unpaired) electrons. The van der Waals surface area contributed by atoms with Crippen molar-refractivity contribution in [3.63, 3.8) is 0 Å². The third kappa shape index (κ3) is 2.97. The van der Waals surface area contributed by atoms with Gasteiger partial charge in [0.25, 0.3) is 10.0 Å². The van der Waals surface area contributed by atoms with E-state index in [9.17, 15) is 12.8 Å². The monoisotopic (exact) mass is 381 g/mol. The molecule has 20 heavy (non-hydrogen) atoms. The number of sulfonamides is 1. The van der Waals surface area contributed by atoms with Crippen molar-refractivity contribution in [2.24, 2.45) is 7.05 Å². The first-order valence-electron chi connectivity index (χ1n) is 5.38. The summed E-state index contributed by atoms with van der Waals surface area (Å²) in [5.41, 5.74) is 0.0661. The van der Waals surface area contributed by atoms with Gasteiger partial charge in [-0.05, 0) is 35.0 Å². The maximum absolute atomic E-state index is 13.1. The minimum Gasteiger partial charge on any atom is -0.337 e. The highest BCUT2D eigenvalue weighted by Crippen LogP contribution is 2.33. The van der Waals surface area contributed by atoms with Crippen LogP contribution in [-0.4, -0.2) is 18.0 Å². The van der Waals surface area contributed by atoms with Crippen LogP contribution in [0.2, 0.25) is 5.02 Å². The molecular weight excluding hydrogens is 373 g/mol. The Hall–Kier alpha value is -1.12. The fourth-order valence-corrected chi connectivity index (χ4v) is 3.71. The smallest absolute Gasteiger partial charge is 0.281 e. The highest BCUT2D eigenvalue weighted by Gasteiger charge is 2.21. The van der Waals surface area contributed by atoms with E-state index in [0.29, 0.717) is 5.82 Å². The number of halogens is 3. The second-order valence-electron chi connectivity index (χ2n) is 4.09. The van der Waals surface area contributed by atoms with Crippen LogP contribution in [0, 0.1) is 12.7 Å². The molecule has 0 aliphatic rings. The molecule has 0 fully saturated rings. The maximum atomic E-state index is 13.1. The number of nitrogens with one attached hydrogen (secondary N) is 1. The summed E-state index contributed by atoms with van der Waals surface area (Å²) >= 11 is 8.91. The molecule has 5 nitrogen and oxygen atoms in total. The van der Waals surface area contributed by atoms with Crippen LogP contribution in [0.25, 0.3) is 0 Å². The Morgan fingerprint density at radius 2 is 2.10 bits per heavy atom. The number of aromatic nitrogens is 2. The molecule has 0 aliphatic heterocycles. The van der Waals surface area contributed by atoms with Gasteiger partial charge in [-0.15, -0.1) is 0 Å². The second-order valence-corrected chi connectivity index (χ2v) is 6.98. The molecule has 0 amide bonds. The normalized spacial score (nSPS) is 11.7. The predicted octanol–water partition coefficient (Wildman–Crippen LogP) is 3.08. The van der Waals surface area contributed by atoms with Crippen molar-refractivity contribution in [2.45, 2.75) is 11.9 Å². The number of rotatable bonds is 3. The van der Waals surface area contributed by atoms with E-state index in [4.69, 9.17) is 11.6 Å². The summed E-state index contributed by atoms with van der Waals surface area (Å²) in [5.74, 6) is -0.0202. The van der Waals surface area contributed by atoms with E-state index in [2.05, 4.69) is 25.6 Å². The van der Waals surface area contributed by atoms with Crippen LogP contribution >= 0.6 is 27.5 Å². The molecule has 1 aromatic heterocycles. The number of imidazole rings is 1. The summed E-state index contributed by atoms with van der Waals surface area (Å²) in [5, 5.41) is -0.183. The average Bonchev–Trinajstić information content (AvgIpc) is 2.65. The van der Waals surface area contributed by atoms with Crippen LogP contribution < -0.4 is 4.72 Å². The summed E-state index contributed by atoms with van der Waals surface area (Å²) in [6, 6.07) is 2.14. The molecular formula is C11H10BrClFN3O2S. The topological polar surface area (TPSA) is 64.0 Å². The van der Waals surface area contributed by atoms with Crippen LogP contribution in [0.15, 0.2) is 27.8 Å². The minimum absolute atomic E-state index is 0.0481. The molecule has 0 unspecified atom stereocenters. The zero-order valence-corrected chi connectivity index (χ0v) is 13.6. The van der Waals surface area contributed by atoms with Gasteiger partial charge in [0.2, 0.25) is 0 Å². The maximum Gasteiger partial charge on any atom is 0.281 e. The van der Waals surface area contributed by atoms with Gasteiger partial charge in [-0.2, -0.15) is 8.42 Å². The Kier molecular flexibility index (Phi) is 4.08. The molecule has 0 atom stereocenters. The van der Waals surface area contributed by atoms with E-state index in [1.807, 2.05) is 0 Å². The number of benzene rings is 1. The molecule has 0 spiro atoms. The van der Waals surface area contributed by atoms with E-state index in [0.717, 1.165) is 12.1 Å². The lowest BCUT2D eigenvalue weighted by Gasteiger charge is -2.10. The van der Waals surface area contributed by atoms with Gasteiger partial charge in [-0.25, -0.2) is 9.37 Å². The van der Waals surface area contributed by atoms with Gasteiger partial charge in [0, 0.05) is 17.7 Å². The Morgan fingerprint density at radius 3 is 2.60 bits per heavy atom. The van der Waals surface area contributed by atoms with E-state index in [1.165, 1.54) is 6.20 Å². The highest BCUT2D eigenvalue weighted by molar-refractivity contribution is 9.10. The van der Waals surface area contributed by atoms with Crippen molar-refractivity contribution >= 4 is 43.2 Å². The number of anilines is 1. The third-order valence-electron chi connectivity index (χ3n) is 2.61. The summed E-state index contributed by atoms with van der Waals surface area (Å²) in [7, 11) is -2.21. The van der Waals surface area contributed by atoms with Crippen LogP contribution in [0.4, 0.5) is 10.1 Å². The van der Waals surface area contributed by atoms with Gasteiger partial charge in [0.05, 0.1) is 10.7 Å². The largest absolute Gasteiger partial charge is 0.337 e. The fraction of sp³-hybridized carbons (Fsp3) is 0.182. The van der Waals surface area contributed by atoms with Crippen molar-refractivity contribution < 1.29 is 12.8 Å². The molecule has 1 N–H and O–H groups in total. The Labute approximate surface area is 129 Å². The standard InChI is InChI=1S/C11H10BrClFN3O2S/c1-6-15-10(5-17(6)2)20(18,19)16-11-8(12)3-7(14)4-9(11)13/h3-5,16H,1-2H3. The van der Waals surface area contributed by atoms with Crippen molar-refractivity contribution in [1.29, 1.82) is 0 Å². The van der Waals surface area contributed by atoms with Crippen LogP contribution in [0.5, 0.6) is 0 Å². The first-order valence-corrected chi connectivity index (χ1v) is 8.03. The van der Waals surface area contributed by atoms with E-state index in [-0.39, 0.29) is 20.2 Å². The lowest BCUT2D eigenvalue weighted by molar-refractivity contribution is 0.597. The lowest BCUT2D eigenvalue weighted by atomic mass is 10.3. The van der Waals surface area contributed by atoms with Crippen molar-refractivity contribution in [3.05, 3.63) is 39.5 Å². The molecule has 0 saturated carbocycles. The zero-order chi connectivity index (χ0) is 15.1.